The van der Waals surface area contributed by atoms with E-state index in [1.807, 2.05) is 23.5 Å². The van der Waals surface area contributed by atoms with Crippen LogP contribution in [-0.4, -0.2) is 61.6 Å². The molecule has 0 spiro atoms. The minimum atomic E-state index is 0.693. The van der Waals surface area contributed by atoms with E-state index in [2.05, 4.69) is 0 Å². The zero-order chi connectivity index (χ0) is 10.3. The Hall–Kier alpha value is 0.580. The maximum absolute atomic E-state index is 5.42. The second-order valence-corrected chi connectivity index (χ2v) is 6.34. The van der Waals surface area contributed by atoms with Crippen LogP contribution in [0.25, 0.3) is 0 Å². The fourth-order valence-corrected chi connectivity index (χ4v) is 1.95. The van der Waals surface area contributed by atoms with Gasteiger partial charge in [-0.2, -0.15) is 23.5 Å². The van der Waals surface area contributed by atoms with E-state index in [4.69, 9.17) is 14.2 Å². The highest BCUT2D eigenvalue weighted by Gasteiger charge is 2.22. The second-order valence-electron chi connectivity index (χ2n) is 3.67. The third kappa shape index (κ3) is 6.68. The van der Waals surface area contributed by atoms with Crippen LogP contribution in [0, 0.1) is 0 Å². The lowest BCUT2D eigenvalue weighted by Gasteiger charge is -2.05. The molecule has 0 aromatic rings. The van der Waals surface area contributed by atoms with Crippen molar-refractivity contribution in [3.8, 4) is 0 Å². The van der Waals surface area contributed by atoms with Gasteiger partial charge in [0.15, 0.2) is 0 Å². The van der Waals surface area contributed by atoms with Crippen LogP contribution in [0.2, 0.25) is 0 Å². The van der Waals surface area contributed by atoms with Gasteiger partial charge in [-0.3, -0.25) is 0 Å². The predicted octanol–water partition coefficient (Wildman–Crippen LogP) is 1.27. The number of rotatable bonds is 10. The normalized spacial score (nSPS) is 28.0. The van der Waals surface area contributed by atoms with Gasteiger partial charge in [0, 0.05) is 22.0 Å². The van der Waals surface area contributed by atoms with Crippen LogP contribution < -0.4 is 0 Å². The second kappa shape index (κ2) is 7.01. The summed E-state index contributed by atoms with van der Waals surface area (Å²) >= 11 is 3.93. The highest BCUT2D eigenvalue weighted by atomic mass is 32.2. The summed E-state index contributed by atoms with van der Waals surface area (Å²) in [6.07, 6.45) is 0. The van der Waals surface area contributed by atoms with Crippen LogP contribution >= 0.6 is 23.5 Å². The van der Waals surface area contributed by atoms with Gasteiger partial charge in [-0.25, -0.2) is 0 Å². The first-order valence-electron chi connectivity index (χ1n) is 5.41. The summed E-state index contributed by atoms with van der Waals surface area (Å²) in [5.41, 5.74) is 0. The van der Waals surface area contributed by atoms with E-state index >= 15 is 0 Å². The molecule has 2 saturated heterocycles. The number of ether oxygens (including phenoxy) is 3. The lowest BCUT2D eigenvalue weighted by molar-refractivity contribution is 0.0175. The molecule has 0 saturated carbocycles. The quantitative estimate of drug-likeness (QED) is 0.430. The summed E-state index contributed by atoms with van der Waals surface area (Å²) in [5.74, 6) is 2.54. The average molecular weight is 250 g/mol. The summed E-state index contributed by atoms with van der Waals surface area (Å²) < 4.78 is 16.2. The molecule has 2 rings (SSSR count). The third-order valence-corrected chi connectivity index (χ3v) is 4.04. The van der Waals surface area contributed by atoms with Gasteiger partial charge in [-0.1, -0.05) is 0 Å². The molecule has 0 amide bonds. The molecule has 0 radical (unpaired) electrons. The van der Waals surface area contributed by atoms with E-state index in [1.54, 1.807) is 0 Å². The Bertz CT molecular complexity index is 154. The van der Waals surface area contributed by atoms with Gasteiger partial charge in [-0.15, -0.1) is 0 Å². The maximum atomic E-state index is 5.42. The van der Waals surface area contributed by atoms with Crippen LogP contribution in [0.1, 0.15) is 0 Å². The van der Waals surface area contributed by atoms with E-state index in [1.165, 1.54) is 11.5 Å². The Morgan fingerprint density at radius 3 is 1.53 bits per heavy atom. The third-order valence-electron chi connectivity index (χ3n) is 2.16. The fraction of sp³-hybridized carbons (Fsp3) is 1.00. The zero-order valence-electron chi connectivity index (χ0n) is 8.85. The van der Waals surface area contributed by atoms with E-state index in [0.29, 0.717) is 13.2 Å². The van der Waals surface area contributed by atoms with Crippen molar-refractivity contribution in [2.75, 3.05) is 51.1 Å². The Kier molecular flexibility index (Phi) is 5.63. The van der Waals surface area contributed by atoms with Gasteiger partial charge >= 0.3 is 0 Å². The lowest BCUT2D eigenvalue weighted by atomic mass is 10.5. The van der Waals surface area contributed by atoms with Gasteiger partial charge in [0.2, 0.25) is 0 Å². The van der Waals surface area contributed by atoms with E-state index in [0.717, 1.165) is 36.9 Å². The molecule has 2 atom stereocenters. The Balaban J connectivity index is 1.23. The Labute approximate surface area is 99.6 Å². The van der Waals surface area contributed by atoms with Crippen molar-refractivity contribution in [1.82, 2.24) is 0 Å². The largest absolute Gasteiger partial charge is 0.378 e. The molecule has 3 nitrogen and oxygen atoms in total. The fourth-order valence-electron chi connectivity index (χ4n) is 1.10. The van der Waals surface area contributed by atoms with E-state index < -0.39 is 0 Å². The van der Waals surface area contributed by atoms with Gasteiger partial charge in [0.25, 0.3) is 0 Å². The van der Waals surface area contributed by atoms with Crippen LogP contribution in [0.4, 0.5) is 0 Å². The van der Waals surface area contributed by atoms with Crippen molar-refractivity contribution in [2.45, 2.75) is 10.5 Å². The summed E-state index contributed by atoms with van der Waals surface area (Å²) in [6.45, 7) is 4.61. The zero-order valence-corrected chi connectivity index (χ0v) is 10.5. The van der Waals surface area contributed by atoms with E-state index in [9.17, 15) is 0 Å². The average Bonchev–Trinajstić information content (AvgIpc) is 3.10. The minimum Gasteiger partial charge on any atom is -0.378 e. The Morgan fingerprint density at radius 1 is 0.733 bits per heavy atom. The molecule has 2 aliphatic heterocycles. The molecule has 0 aliphatic carbocycles. The first-order valence-corrected chi connectivity index (χ1v) is 7.51. The highest BCUT2D eigenvalue weighted by molar-refractivity contribution is 8.07. The van der Waals surface area contributed by atoms with Crippen LogP contribution in [0.3, 0.4) is 0 Å². The molecule has 5 heteroatoms. The molecule has 15 heavy (non-hydrogen) atoms. The standard InChI is InChI=1S/C10H18O3S2/c1(3-12-5-9-7-14-9)11-2-4-13-6-10-8-15-10/h9-10H,1-8H2. The lowest BCUT2D eigenvalue weighted by Crippen LogP contribution is -2.12. The molecule has 2 unspecified atom stereocenters. The first kappa shape index (κ1) is 12.0. The summed E-state index contributed by atoms with van der Waals surface area (Å²) in [7, 11) is 0. The van der Waals surface area contributed by atoms with Gasteiger partial charge < -0.3 is 14.2 Å². The monoisotopic (exact) mass is 250 g/mol. The summed E-state index contributed by atoms with van der Waals surface area (Å²) in [5, 5.41) is 1.54. The molecule has 88 valence electrons. The van der Waals surface area contributed by atoms with Crippen LogP contribution in [0.15, 0.2) is 0 Å². The minimum absolute atomic E-state index is 0.693. The van der Waals surface area contributed by atoms with Crippen molar-refractivity contribution in [1.29, 1.82) is 0 Å². The van der Waals surface area contributed by atoms with E-state index in [-0.39, 0.29) is 0 Å². The molecule has 0 N–H and O–H groups in total. The number of hydrogen-bond donors (Lipinski definition) is 0. The Morgan fingerprint density at radius 2 is 1.13 bits per heavy atom. The van der Waals surface area contributed by atoms with Crippen molar-refractivity contribution >= 4 is 23.5 Å². The van der Waals surface area contributed by atoms with Crippen molar-refractivity contribution in [3.05, 3.63) is 0 Å². The summed E-state index contributed by atoms with van der Waals surface area (Å²) in [6, 6.07) is 0. The summed E-state index contributed by atoms with van der Waals surface area (Å²) in [4.78, 5) is 0. The molecule has 0 aromatic heterocycles. The van der Waals surface area contributed by atoms with Crippen molar-refractivity contribution in [2.24, 2.45) is 0 Å². The molecule has 0 bridgehead atoms. The highest BCUT2D eigenvalue weighted by Crippen LogP contribution is 2.30. The topological polar surface area (TPSA) is 27.7 Å². The number of thioether (sulfide) groups is 2. The van der Waals surface area contributed by atoms with Crippen LogP contribution in [0.5, 0.6) is 0 Å². The maximum Gasteiger partial charge on any atom is 0.0701 e. The molecular formula is C10H18O3S2. The van der Waals surface area contributed by atoms with Gasteiger partial charge in [0.1, 0.15) is 0 Å². The van der Waals surface area contributed by atoms with Crippen LogP contribution in [-0.2, 0) is 14.2 Å². The molecule has 2 heterocycles. The van der Waals surface area contributed by atoms with Crippen molar-refractivity contribution < 1.29 is 14.2 Å². The molecule has 0 aromatic carbocycles. The molecular weight excluding hydrogens is 232 g/mol. The first-order chi connectivity index (χ1) is 7.45. The molecule has 2 aliphatic rings. The van der Waals surface area contributed by atoms with Gasteiger partial charge in [0.05, 0.1) is 39.6 Å². The predicted molar refractivity (Wildman–Crippen MR) is 64.9 cm³/mol. The molecule has 2 fully saturated rings. The number of hydrogen-bond acceptors (Lipinski definition) is 5. The smallest absolute Gasteiger partial charge is 0.0701 e. The SMILES string of the molecule is C(COCC1CS1)OCCOCC1CS1. The van der Waals surface area contributed by atoms with Crippen molar-refractivity contribution in [3.63, 3.8) is 0 Å². The van der Waals surface area contributed by atoms with Gasteiger partial charge in [-0.05, 0) is 0 Å².